The predicted octanol–water partition coefficient (Wildman–Crippen LogP) is 3.45. The van der Waals surface area contributed by atoms with Gasteiger partial charge in [-0.15, -0.1) is 0 Å². The molecule has 20 heavy (non-hydrogen) atoms. The third-order valence-corrected chi connectivity index (χ3v) is 4.07. The Kier molecular flexibility index (Phi) is 4.28. The minimum Gasteiger partial charge on any atom is -0.368 e. The molecule has 0 bridgehead atoms. The van der Waals surface area contributed by atoms with Crippen LogP contribution < -0.4 is 10.2 Å². The second kappa shape index (κ2) is 5.64. The highest BCUT2D eigenvalue weighted by Crippen LogP contribution is 2.38. The van der Waals surface area contributed by atoms with Crippen LogP contribution in [-0.4, -0.2) is 25.7 Å². The van der Waals surface area contributed by atoms with Crippen molar-refractivity contribution >= 4 is 5.69 Å². The van der Waals surface area contributed by atoms with E-state index in [9.17, 15) is 13.2 Å². The highest BCUT2D eigenvalue weighted by atomic mass is 19.4. The summed E-state index contributed by atoms with van der Waals surface area (Å²) in [4.78, 5) is 2.21. The molecule has 1 N–H and O–H groups in total. The maximum atomic E-state index is 12.8. The number of nitrogens with zero attached hydrogens (tertiary/aromatic N) is 1. The molecule has 1 aromatic rings. The second-order valence-electron chi connectivity index (χ2n) is 5.41. The molecule has 0 saturated carbocycles. The van der Waals surface area contributed by atoms with Crippen LogP contribution in [0.4, 0.5) is 18.9 Å². The summed E-state index contributed by atoms with van der Waals surface area (Å²) in [5.41, 5.74) is 1.22. The van der Waals surface area contributed by atoms with E-state index in [0.29, 0.717) is 12.5 Å². The van der Waals surface area contributed by atoms with Crippen molar-refractivity contribution < 1.29 is 13.2 Å². The third-order valence-electron chi connectivity index (χ3n) is 4.07. The number of halogens is 3. The van der Waals surface area contributed by atoms with Gasteiger partial charge in [-0.05, 0) is 57.5 Å². The Hall–Kier alpha value is -1.23. The lowest BCUT2D eigenvalue weighted by atomic mass is 10.0. The lowest BCUT2D eigenvalue weighted by Gasteiger charge is -2.28. The summed E-state index contributed by atoms with van der Waals surface area (Å²) in [6.45, 7) is 4.96. The van der Waals surface area contributed by atoms with Crippen LogP contribution in [-0.2, 0) is 12.6 Å². The van der Waals surface area contributed by atoms with Gasteiger partial charge in [0.1, 0.15) is 0 Å². The first-order chi connectivity index (χ1) is 9.36. The zero-order chi connectivity index (χ0) is 14.9. The van der Waals surface area contributed by atoms with Crippen LogP contribution in [0, 0.1) is 0 Å². The summed E-state index contributed by atoms with van der Waals surface area (Å²) in [6.07, 6.45) is -2.64. The molecule has 0 spiro atoms. The minimum atomic E-state index is -4.26. The van der Waals surface area contributed by atoms with Gasteiger partial charge in [-0.3, -0.25) is 0 Å². The zero-order valence-corrected chi connectivity index (χ0v) is 12.1. The van der Waals surface area contributed by atoms with E-state index in [1.165, 1.54) is 12.1 Å². The van der Waals surface area contributed by atoms with E-state index in [2.05, 4.69) is 17.1 Å². The predicted molar refractivity (Wildman–Crippen MR) is 75.1 cm³/mol. The van der Waals surface area contributed by atoms with Crippen molar-refractivity contribution in [1.29, 1.82) is 0 Å². The molecule has 0 aliphatic carbocycles. The van der Waals surface area contributed by atoms with Crippen molar-refractivity contribution in [2.45, 2.75) is 44.9 Å². The summed E-state index contributed by atoms with van der Waals surface area (Å²) < 4.78 is 38.3. The van der Waals surface area contributed by atoms with Gasteiger partial charge in [0.05, 0.1) is 5.56 Å². The van der Waals surface area contributed by atoms with Gasteiger partial charge in [0.2, 0.25) is 0 Å². The number of alkyl halides is 3. The third kappa shape index (κ3) is 2.92. The summed E-state index contributed by atoms with van der Waals surface area (Å²) in [6, 6.07) is 4.74. The summed E-state index contributed by atoms with van der Waals surface area (Å²) in [5.74, 6) is 0. The number of hydrogen-bond acceptors (Lipinski definition) is 2. The number of hydrogen-bond donors (Lipinski definition) is 1. The van der Waals surface area contributed by atoms with E-state index >= 15 is 0 Å². The standard InChI is InChI=1S/C15H21F3N2/c1-4-20-13(7-10(2)19-3)9-11-8-12(15(16,17)18)5-6-14(11)20/h5-6,8,10,13,19H,4,7,9H2,1-3H3. The van der Waals surface area contributed by atoms with Crippen molar-refractivity contribution in [2.75, 3.05) is 18.5 Å². The monoisotopic (exact) mass is 286 g/mol. The molecular weight excluding hydrogens is 265 g/mol. The topological polar surface area (TPSA) is 15.3 Å². The Morgan fingerprint density at radius 2 is 2.10 bits per heavy atom. The smallest absolute Gasteiger partial charge is 0.368 e. The fourth-order valence-electron chi connectivity index (χ4n) is 2.93. The first-order valence-electron chi connectivity index (χ1n) is 7.00. The van der Waals surface area contributed by atoms with Crippen molar-refractivity contribution in [3.63, 3.8) is 0 Å². The highest BCUT2D eigenvalue weighted by molar-refractivity contribution is 5.60. The first-order valence-corrected chi connectivity index (χ1v) is 7.00. The molecule has 0 saturated heterocycles. The van der Waals surface area contributed by atoms with Crippen LogP contribution in [0.1, 0.15) is 31.4 Å². The van der Waals surface area contributed by atoms with Crippen molar-refractivity contribution in [3.8, 4) is 0 Å². The fourth-order valence-corrected chi connectivity index (χ4v) is 2.93. The van der Waals surface area contributed by atoms with E-state index < -0.39 is 11.7 Å². The molecule has 0 radical (unpaired) electrons. The number of fused-ring (bicyclic) bond motifs is 1. The summed E-state index contributed by atoms with van der Waals surface area (Å²) in [7, 11) is 1.91. The van der Waals surface area contributed by atoms with Crippen molar-refractivity contribution in [2.24, 2.45) is 0 Å². The van der Waals surface area contributed by atoms with E-state index in [1.54, 1.807) is 6.07 Å². The van der Waals surface area contributed by atoms with E-state index in [-0.39, 0.29) is 6.04 Å². The lowest BCUT2D eigenvalue weighted by molar-refractivity contribution is -0.137. The van der Waals surface area contributed by atoms with E-state index in [1.807, 2.05) is 14.0 Å². The molecule has 0 aromatic heterocycles. The Labute approximate surface area is 118 Å². The van der Waals surface area contributed by atoms with Gasteiger partial charge in [-0.25, -0.2) is 0 Å². The minimum absolute atomic E-state index is 0.279. The molecule has 2 unspecified atom stereocenters. The average molecular weight is 286 g/mol. The molecule has 2 nitrogen and oxygen atoms in total. The SMILES string of the molecule is CCN1c2ccc(C(F)(F)F)cc2CC1CC(C)NC. The summed E-state index contributed by atoms with van der Waals surface area (Å²) >= 11 is 0. The molecule has 1 aliphatic rings. The maximum absolute atomic E-state index is 12.8. The number of benzene rings is 1. The van der Waals surface area contributed by atoms with Crippen LogP contribution in [0.15, 0.2) is 18.2 Å². The highest BCUT2D eigenvalue weighted by Gasteiger charge is 2.34. The molecule has 1 heterocycles. The molecule has 0 amide bonds. The quantitative estimate of drug-likeness (QED) is 0.912. The average Bonchev–Trinajstić information content (AvgIpc) is 2.73. The number of anilines is 1. The lowest BCUT2D eigenvalue weighted by Crippen LogP contribution is -2.37. The van der Waals surface area contributed by atoms with Crippen LogP contribution >= 0.6 is 0 Å². The molecule has 0 fully saturated rings. The zero-order valence-electron chi connectivity index (χ0n) is 12.1. The number of likely N-dealkylation sites (N-methyl/N-ethyl adjacent to an activating group) is 1. The van der Waals surface area contributed by atoms with Gasteiger partial charge in [0, 0.05) is 24.3 Å². The normalized spacial score (nSPS) is 20.1. The van der Waals surface area contributed by atoms with Crippen LogP contribution in [0.3, 0.4) is 0 Å². The molecule has 5 heteroatoms. The molecule has 112 valence electrons. The maximum Gasteiger partial charge on any atom is 0.416 e. The Morgan fingerprint density at radius 1 is 1.40 bits per heavy atom. The van der Waals surface area contributed by atoms with Crippen LogP contribution in [0.5, 0.6) is 0 Å². The van der Waals surface area contributed by atoms with Gasteiger partial charge in [0.25, 0.3) is 0 Å². The Balaban J connectivity index is 2.25. The van der Waals surface area contributed by atoms with E-state index in [0.717, 1.165) is 24.2 Å². The van der Waals surface area contributed by atoms with Crippen LogP contribution in [0.2, 0.25) is 0 Å². The first kappa shape index (κ1) is 15.2. The second-order valence-corrected chi connectivity index (χ2v) is 5.41. The molecule has 2 atom stereocenters. The number of rotatable bonds is 4. The van der Waals surface area contributed by atoms with Crippen molar-refractivity contribution in [3.05, 3.63) is 29.3 Å². The fraction of sp³-hybridized carbons (Fsp3) is 0.600. The Bertz CT molecular complexity index is 471. The van der Waals surface area contributed by atoms with Gasteiger partial charge in [-0.2, -0.15) is 13.2 Å². The van der Waals surface area contributed by atoms with Gasteiger partial charge >= 0.3 is 6.18 Å². The van der Waals surface area contributed by atoms with Gasteiger partial charge < -0.3 is 10.2 Å². The largest absolute Gasteiger partial charge is 0.416 e. The van der Waals surface area contributed by atoms with Crippen LogP contribution in [0.25, 0.3) is 0 Å². The van der Waals surface area contributed by atoms with Crippen molar-refractivity contribution in [1.82, 2.24) is 5.32 Å². The number of nitrogens with one attached hydrogen (secondary N) is 1. The van der Waals surface area contributed by atoms with Gasteiger partial charge in [0.15, 0.2) is 0 Å². The molecule has 2 rings (SSSR count). The molecular formula is C15H21F3N2. The van der Waals surface area contributed by atoms with Gasteiger partial charge in [-0.1, -0.05) is 0 Å². The molecule has 1 aromatic carbocycles. The molecule has 1 aliphatic heterocycles. The van der Waals surface area contributed by atoms with E-state index in [4.69, 9.17) is 0 Å². The summed E-state index contributed by atoms with van der Waals surface area (Å²) in [5, 5.41) is 3.19. The Morgan fingerprint density at radius 3 is 2.65 bits per heavy atom.